The van der Waals surface area contributed by atoms with Gasteiger partial charge in [-0.3, -0.25) is 4.79 Å². The van der Waals surface area contributed by atoms with Gasteiger partial charge in [0.15, 0.2) is 0 Å². The molecule has 1 atom stereocenters. The molecule has 0 aliphatic carbocycles. The van der Waals surface area contributed by atoms with E-state index in [-0.39, 0.29) is 24.7 Å². The topological polar surface area (TPSA) is 80.3 Å². The minimum absolute atomic E-state index is 0.0258. The molecule has 0 spiro atoms. The summed E-state index contributed by atoms with van der Waals surface area (Å²) in [7, 11) is 0. The van der Waals surface area contributed by atoms with E-state index < -0.39 is 5.60 Å². The van der Waals surface area contributed by atoms with Gasteiger partial charge in [0, 0.05) is 6.20 Å². The van der Waals surface area contributed by atoms with Gasteiger partial charge in [0.2, 0.25) is 5.91 Å². The number of amides is 1. The number of aromatic nitrogens is 2. The quantitative estimate of drug-likeness (QED) is 0.719. The van der Waals surface area contributed by atoms with E-state index in [0.29, 0.717) is 17.1 Å². The van der Waals surface area contributed by atoms with Gasteiger partial charge < -0.3 is 14.8 Å². The van der Waals surface area contributed by atoms with Crippen LogP contribution < -0.4 is 5.32 Å². The number of benzene rings is 1. The molecule has 3 aromatic rings. The first-order valence-electron chi connectivity index (χ1n) is 7.77. The maximum atomic E-state index is 13.0. The molecule has 0 saturated heterocycles. The molecule has 0 aliphatic rings. The molecule has 2 heterocycles. The Balaban J connectivity index is 1.57. The molecule has 1 unspecified atom stereocenters. The molecule has 0 bridgehead atoms. The van der Waals surface area contributed by atoms with Crippen LogP contribution in [0, 0.1) is 5.82 Å². The minimum atomic E-state index is -1.29. The van der Waals surface area contributed by atoms with Crippen LogP contribution in [-0.4, -0.2) is 27.3 Å². The summed E-state index contributed by atoms with van der Waals surface area (Å²) >= 11 is 0. The number of nitrogens with zero attached hydrogens (tertiary/aromatic N) is 2. The van der Waals surface area contributed by atoms with Crippen LogP contribution in [0.1, 0.15) is 18.4 Å². The fourth-order valence-electron chi connectivity index (χ4n) is 2.36. The summed E-state index contributed by atoms with van der Waals surface area (Å²) in [6, 6.07) is 10.9. The van der Waals surface area contributed by atoms with Gasteiger partial charge in [0.05, 0.1) is 30.6 Å². The maximum Gasteiger partial charge on any atom is 0.226 e. The lowest BCUT2D eigenvalue weighted by molar-refractivity contribution is -0.121. The SMILES string of the molecule is CC(O)(CNC(=O)Cc1ccn(-c2ccc(F)cc2)n1)c1ccco1. The van der Waals surface area contributed by atoms with Crippen molar-refractivity contribution in [3.63, 3.8) is 0 Å². The van der Waals surface area contributed by atoms with E-state index in [2.05, 4.69) is 10.4 Å². The van der Waals surface area contributed by atoms with Crippen molar-refractivity contribution < 1.29 is 18.7 Å². The monoisotopic (exact) mass is 343 g/mol. The highest BCUT2D eigenvalue weighted by Gasteiger charge is 2.26. The van der Waals surface area contributed by atoms with E-state index >= 15 is 0 Å². The molecule has 0 saturated carbocycles. The molecule has 0 fully saturated rings. The molecule has 6 nitrogen and oxygen atoms in total. The van der Waals surface area contributed by atoms with E-state index in [4.69, 9.17) is 4.42 Å². The summed E-state index contributed by atoms with van der Waals surface area (Å²) in [5, 5.41) is 17.3. The number of furan rings is 1. The van der Waals surface area contributed by atoms with E-state index in [0.717, 1.165) is 0 Å². The van der Waals surface area contributed by atoms with Gasteiger partial charge in [-0.05, 0) is 49.4 Å². The summed E-state index contributed by atoms with van der Waals surface area (Å²) in [6.45, 7) is 1.59. The molecular formula is C18H18FN3O3. The van der Waals surface area contributed by atoms with E-state index in [9.17, 15) is 14.3 Å². The van der Waals surface area contributed by atoms with Crippen LogP contribution in [0.3, 0.4) is 0 Å². The number of hydrogen-bond donors (Lipinski definition) is 2. The highest BCUT2D eigenvalue weighted by molar-refractivity contribution is 5.78. The second-order valence-electron chi connectivity index (χ2n) is 5.93. The summed E-state index contributed by atoms with van der Waals surface area (Å²) in [6.07, 6.45) is 3.24. The molecule has 1 aromatic carbocycles. The van der Waals surface area contributed by atoms with Crippen LogP contribution in [0.5, 0.6) is 0 Å². The van der Waals surface area contributed by atoms with Gasteiger partial charge in [-0.2, -0.15) is 5.10 Å². The third kappa shape index (κ3) is 4.13. The van der Waals surface area contributed by atoms with Crippen molar-refractivity contribution >= 4 is 5.91 Å². The molecule has 2 N–H and O–H groups in total. The molecule has 130 valence electrons. The average Bonchev–Trinajstić information content (AvgIpc) is 3.26. The summed E-state index contributed by atoms with van der Waals surface area (Å²) in [5.74, 6) is -0.205. The van der Waals surface area contributed by atoms with Crippen LogP contribution in [0.25, 0.3) is 5.69 Å². The first-order valence-corrected chi connectivity index (χ1v) is 7.77. The van der Waals surface area contributed by atoms with Crippen molar-refractivity contribution in [1.82, 2.24) is 15.1 Å². The van der Waals surface area contributed by atoms with Gasteiger partial charge in [-0.25, -0.2) is 9.07 Å². The summed E-state index contributed by atoms with van der Waals surface area (Å²) < 4.78 is 19.7. The maximum absolute atomic E-state index is 13.0. The zero-order chi connectivity index (χ0) is 17.9. The first-order chi connectivity index (χ1) is 11.9. The van der Waals surface area contributed by atoms with E-state index in [1.54, 1.807) is 48.1 Å². The fraction of sp³-hybridized carbons (Fsp3) is 0.222. The van der Waals surface area contributed by atoms with Crippen molar-refractivity contribution in [1.29, 1.82) is 0 Å². The Morgan fingerprint density at radius 3 is 2.76 bits per heavy atom. The zero-order valence-corrected chi connectivity index (χ0v) is 13.6. The first kappa shape index (κ1) is 16.9. The van der Waals surface area contributed by atoms with Crippen molar-refractivity contribution in [2.24, 2.45) is 0 Å². The van der Waals surface area contributed by atoms with Gasteiger partial charge in [0.25, 0.3) is 0 Å². The Bertz CT molecular complexity index is 839. The van der Waals surface area contributed by atoms with Gasteiger partial charge in [0.1, 0.15) is 17.2 Å². The van der Waals surface area contributed by atoms with Crippen LogP contribution in [-0.2, 0) is 16.8 Å². The smallest absolute Gasteiger partial charge is 0.226 e. The molecule has 0 aliphatic heterocycles. The Kier molecular flexibility index (Phi) is 4.67. The van der Waals surface area contributed by atoms with Crippen molar-refractivity contribution in [3.8, 4) is 5.69 Å². The molecule has 1 amide bonds. The largest absolute Gasteiger partial charge is 0.466 e. The van der Waals surface area contributed by atoms with E-state index in [1.807, 2.05) is 0 Å². The Hall–Kier alpha value is -2.93. The van der Waals surface area contributed by atoms with Crippen LogP contribution in [0.15, 0.2) is 59.3 Å². The lowest BCUT2D eigenvalue weighted by Crippen LogP contribution is -2.39. The fourth-order valence-corrected chi connectivity index (χ4v) is 2.36. The minimum Gasteiger partial charge on any atom is -0.466 e. The molecule has 25 heavy (non-hydrogen) atoms. The molecule has 2 aromatic heterocycles. The van der Waals surface area contributed by atoms with Crippen LogP contribution in [0.4, 0.5) is 4.39 Å². The van der Waals surface area contributed by atoms with Crippen molar-refractivity contribution in [3.05, 3.63) is 72.2 Å². The number of halogens is 1. The van der Waals surface area contributed by atoms with Crippen molar-refractivity contribution in [2.45, 2.75) is 18.9 Å². The Labute approximate surface area is 143 Å². The number of aliphatic hydroxyl groups is 1. The molecular weight excluding hydrogens is 325 g/mol. The number of carbonyl (C=O) groups excluding carboxylic acids is 1. The number of hydrogen-bond acceptors (Lipinski definition) is 4. The number of nitrogens with one attached hydrogen (secondary N) is 1. The standard InChI is InChI=1S/C18H18FN3O3/c1-18(24,16-3-2-10-25-16)12-20-17(23)11-14-8-9-22(21-14)15-6-4-13(19)5-7-15/h2-10,24H,11-12H2,1H3,(H,20,23). The summed E-state index contributed by atoms with van der Waals surface area (Å²) in [5.41, 5.74) is -0.0135. The third-order valence-corrected chi connectivity index (χ3v) is 3.76. The van der Waals surface area contributed by atoms with E-state index in [1.165, 1.54) is 18.4 Å². The second kappa shape index (κ2) is 6.90. The van der Waals surface area contributed by atoms with Crippen LogP contribution >= 0.6 is 0 Å². The van der Waals surface area contributed by atoms with Crippen LogP contribution in [0.2, 0.25) is 0 Å². The lowest BCUT2D eigenvalue weighted by Gasteiger charge is -2.20. The third-order valence-electron chi connectivity index (χ3n) is 3.76. The average molecular weight is 343 g/mol. The predicted molar refractivity (Wildman–Crippen MR) is 88.5 cm³/mol. The molecule has 3 rings (SSSR count). The van der Waals surface area contributed by atoms with Gasteiger partial charge in [-0.1, -0.05) is 0 Å². The lowest BCUT2D eigenvalue weighted by atomic mass is 10.0. The highest BCUT2D eigenvalue weighted by atomic mass is 19.1. The normalized spacial score (nSPS) is 13.4. The van der Waals surface area contributed by atoms with Gasteiger partial charge in [-0.15, -0.1) is 0 Å². The van der Waals surface area contributed by atoms with Gasteiger partial charge >= 0.3 is 0 Å². The zero-order valence-electron chi connectivity index (χ0n) is 13.6. The predicted octanol–water partition coefficient (Wildman–Crippen LogP) is 2.17. The highest BCUT2D eigenvalue weighted by Crippen LogP contribution is 2.19. The number of carbonyl (C=O) groups is 1. The summed E-state index contributed by atoms with van der Waals surface area (Å²) in [4.78, 5) is 12.1. The molecule has 7 heteroatoms. The Morgan fingerprint density at radius 1 is 1.32 bits per heavy atom. The second-order valence-corrected chi connectivity index (χ2v) is 5.93. The molecule has 0 radical (unpaired) electrons. The number of rotatable bonds is 6. The Morgan fingerprint density at radius 2 is 2.08 bits per heavy atom. The van der Waals surface area contributed by atoms with Crippen molar-refractivity contribution in [2.75, 3.05) is 6.54 Å².